The number of hydrogen-bond donors (Lipinski definition) is 2. The predicted octanol–water partition coefficient (Wildman–Crippen LogP) is 6.51. The summed E-state index contributed by atoms with van der Waals surface area (Å²) in [7, 11) is 1.72. The van der Waals surface area contributed by atoms with Gasteiger partial charge >= 0.3 is 6.03 Å². The van der Waals surface area contributed by atoms with Crippen molar-refractivity contribution in [2.24, 2.45) is 0 Å². The Bertz CT molecular complexity index is 1400. The highest BCUT2D eigenvalue weighted by atomic mass is 16.5. The molecular formula is C38H46N4O2. The summed E-state index contributed by atoms with van der Waals surface area (Å²) in [6, 6.07) is 38.6. The van der Waals surface area contributed by atoms with E-state index < -0.39 is 0 Å². The maximum absolute atomic E-state index is 13.7. The van der Waals surface area contributed by atoms with Gasteiger partial charge in [-0.2, -0.15) is 0 Å². The lowest BCUT2D eigenvalue weighted by Crippen LogP contribution is -2.50. The van der Waals surface area contributed by atoms with E-state index in [9.17, 15) is 4.79 Å². The molecule has 1 saturated heterocycles. The van der Waals surface area contributed by atoms with Crippen molar-refractivity contribution in [2.45, 2.75) is 44.9 Å². The molecular weight excluding hydrogens is 544 g/mol. The molecule has 0 aromatic heterocycles. The summed E-state index contributed by atoms with van der Waals surface area (Å²) in [5, 5.41) is 6.64. The topological polar surface area (TPSA) is 56.8 Å². The van der Waals surface area contributed by atoms with Crippen molar-refractivity contribution in [3.63, 3.8) is 0 Å². The molecule has 6 nitrogen and oxygen atoms in total. The molecule has 0 spiro atoms. The fourth-order valence-electron chi connectivity index (χ4n) is 5.93. The lowest BCUT2D eigenvalue weighted by molar-refractivity contribution is 0.113. The molecule has 0 aliphatic carbocycles. The van der Waals surface area contributed by atoms with Crippen LogP contribution in [-0.2, 0) is 30.8 Å². The quantitative estimate of drug-likeness (QED) is 0.165. The van der Waals surface area contributed by atoms with Crippen molar-refractivity contribution < 1.29 is 9.53 Å². The monoisotopic (exact) mass is 590 g/mol. The minimum absolute atomic E-state index is 0.0261. The summed E-state index contributed by atoms with van der Waals surface area (Å²) in [6.45, 7) is 6.51. The van der Waals surface area contributed by atoms with Crippen LogP contribution in [-0.4, -0.2) is 61.8 Å². The summed E-state index contributed by atoms with van der Waals surface area (Å²) >= 11 is 0. The first kappa shape index (κ1) is 31.5. The second-order valence-corrected chi connectivity index (χ2v) is 11.7. The first-order valence-electron chi connectivity index (χ1n) is 15.9. The Kier molecular flexibility index (Phi) is 12.0. The van der Waals surface area contributed by atoms with Crippen LogP contribution in [0.1, 0.15) is 35.1 Å². The van der Waals surface area contributed by atoms with Gasteiger partial charge in [0.05, 0.1) is 6.61 Å². The van der Waals surface area contributed by atoms with Crippen LogP contribution in [0, 0.1) is 0 Å². The minimum Gasteiger partial charge on any atom is -0.383 e. The average molecular weight is 591 g/mol. The largest absolute Gasteiger partial charge is 0.383 e. The number of nitrogens with zero attached hydrogens (tertiary/aromatic N) is 2. The molecule has 1 fully saturated rings. The molecule has 0 bridgehead atoms. The van der Waals surface area contributed by atoms with Gasteiger partial charge in [-0.3, -0.25) is 4.90 Å². The van der Waals surface area contributed by atoms with Gasteiger partial charge in [-0.1, -0.05) is 103 Å². The van der Waals surface area contributed by atoms with Crippen LogP contribution in [0.15, 0.2) is 109 Å². The van der Waals surface area contributed by atoms with Gasteiger partial charge in [-0.15, -0.1) is 0 Å². The van der Waals surface area contributed by atoms with Gasteiger partial charge in [-0.05, 0) is 58.7 Å². The van der Waals surface area contributed by atoms with E-state index in [1.165, 1.54) is 27.8 Å². The normalized spacial score (nSPS) is 13.9. The van der Waals surface area contributed by atoms with Crippen LogP contribution < -0.4 is 10.6 Å². The Morgan fingerprint density at radius 2 is 1.45 bits per heavy atom. The van der Waals surface area contributed by atoms with Crippen molar-refractivity contribution in [2.75, 3.05) is 39.9 Å². The summed E-state index contributed by atoms with van der Waals surface area (Å²) in [6.07, 6.45) is 2.76. The zero-order valence-corrected chi connectivity index (χ0v) is 26.0. The third-order valence-electron chi connectivity index (χ3n) is 8.42. The van der Waals surface area contributed by atoms with Crippen molar-refractivity contribution in [3.8, 4) is 11.1 Å². The predicted molar refractivity (Wildman–Crippen MR) is 179 cm³/mol. The molecule has 1 aliphatic rings. The Balaban J connectivity index is 1.24. The van der Waals surface area contributed by atoms with Crippen LogP contribution >= 0.6 is 0 Å². The van der Waals surface area contributed by atoms with E-state index >= 15 is 0 Å². The number of hydrogen-bond acceptors (Lipinski definition) is 4. The molecule has 1 aliphatic heterocycles. The van der Waals surface area contributed by atoms with E-state index in [1.807, 2.05) is 18.2 Å². The number of carbonyl (C=O) groups excluding carboxylic acids is 1. The Hall–Kier alpha value is -3.97. The molecule has 6 heteroatoms. The van der Waals surface area contributed by atoms with Crippen LogP contribution in [0.3, 0.4) is 0 Å². The van der Waals surface area contributed by atoms with E-state index in [0.29, 0.717) is 19.7 Å². The van der Waals surface area contributed by atoms with E-state index in [4.69, 9.17) is 4.74 Å². The molecule has 2 N–H and O–H groups in total. The molecule has 4 aromatic carbocycles. The van der Waals surface area contributed by atoms with Gasteiger partial charge in [0.1, 0.15) is 0 Å². The fraction of sp³-hybridized carbons (Fsp3) is 0.342. The third-order valence-corrected chi connectivity index (χ3v) is 8.42. The van der Waals surface area contributed by atoms with Crippen molar-refractivity contribution in [3.05, 3.63) is 131 Å². The molecule has 0 radical (unpaired) electrons. The van der Waals surface area contributed by atoms with E-state index in [-0.39, 0.29) is 12.1 Å². The van der Waals surface area contributed by atoms with Gasteiger partial charge < -0.3 is 20.3 Å². The Labute approximate surface area is 263 Å². The highest BCUT2D eigenvalue weighted by molar-refractivity contribution is 5.75. The lowest BCUT2D eigenvalue weighted by Gasteiger charge is -2.38. The zero-order chi connectivity index (χ0) is 30.4. The first-order chi connectivity index (χ1) is 21.7. The summed E-state index contributed by atoms with van der Waals surface area (Å²) < 4.78 is 5.12. The SMILES string of the molecule is COCCNCc1ccc(-c2cccc(CN(C(=O)NCCc3ccccc3)C3CCN(Cc4ccccc4)CC3)c2)cc1. The molecule has 0 atom stereocenters. The summed E-state index contributed by atoms with van der Waals surface area (Å²) in [4.78, 5) is 18.3. The molecule has 2 amide bonds. The van der Waals surface area contributed by atoms with E-state index in [0.717, 1.165) is 57.5 Å². The van der Waals surface area contributed by atoms with Gasteiger partial charge in [0, 0.05) is 59.0 Å². The number of rotatable bonds is 14. The highest BCUT2D eigenvalue weighted by Gasteiger charge is 2.28. The lowest BCUT2D eigenvalue weighted by atomic mass is 9.99. The summed E-state index contributed by atoms with van der Waals surface area (Å²) in [5.74, 6) is 0. The minimum atomic E-state index is 0.0261. The Morgan fingerprint density at radius 1 is 0.773 bits per heavy atom. The van der Waals surface area contributed by atoms with Crippen molar-refractivity contribution >= 4 is 6.03 Å². The van der Waals surface area contributed by atoms with Crippen LogP contribution in [0.25, 0.3) is 11.1 Å². The number of benzene rings is 4. The molecule has 0 saturated carbocycles. The zero-order valence-electron chi connectivity index (χ0n) is 26.0. The molecule has 44 heavy (non-hydrogen) atoms. The second kappa shape index (κ2) is 16.8. The molecule has 5 rings (SSSR count). The second-order valence-electron chi connectivity index (χ2n) is 11.7. The highest BCUT2D eigenvalue weighted by Crippen LogP contribution is 2.25. The fourth-order valence-corrected chi connectivity index (χ4v) is 5.93. The number of urea groups is 1. The van der Waals surface area contributed by atoms with Crippen LogP contribution in [0.5, 0.6) is 0 Å². The molecule has 230 valence electrons. The maximum atomic E-state index is 13.7. The summed E-state index contributed by atoms with van der Waals surface area (Å²) in [5.41, 5.74) is 7.33. The van der Waals surface area contributed by atoms with Crippen molar-refractivity contribution in [1.82, 2.24) is 20.4 Å². The van der Waals surface area contributed by atoms with Gasteiger partial charge in [0.15, 0.2) is 0 Å². The number of carbonyl (C=O) groups is 1. The molecule has 4 aromatic rings. The third kappa shape index (κ3) is 9.52. The standard InChI is InChI=1S/C38H46N4O2/c1-44-26-23-39-28-32-15-17-35(18-16-32)36-14-8-13-34(27-36)30-42(38(43)40-22-19-31-9-4-2-5-10-31)37-20-24-41(25-21-37)29-33-11-6-3-7-12-33/h2-18,27,37,39H,19-26,28-30H2,1H3,(H,40,43). The van der Waals surface area contributed by atoms with Crippen molar-refractivity contribution in [1.29, 1.82) is 0 Å². The van der Waals surface area contributed by atoms with Gasteiger partial charge in [0.2, 0.25) is 0 Å². The maximum Gasteiger partial charge on any atom is 0.317 e. The van der Waals surface area contributed by atoms with Crippen LogP contribution in [0.2, 0.25) is 0 Å². The average Bonchev–Trinajstić information content (AvgIpc) is 3.07. The number of amides is 2. The number of piperidine rings is 1. The number of nitrogens with one attached hydrogen (secondary N) is 2. The number of ether oxygens (including phenoxy) is 1. The van der Waals surface area contributed by atoms with Gasteiger partial charge in [0.25, 0.3) is 0 Å². The first-order valence-corrected chi connectivity index (χ1v) is 15.9. The smallest absolute Gasteiger partial charge is 0.317 e. The van der Waals surface area contributed by atoms with Crippen LogP contribution in [0.4, 0.5) is 4.79 Å². The van der Waals surface area contributed by atoms with E-state index in [2.05, 4.69) is 111 Å². The Morgan fingerprint density at radius 3 is 2.16 bits per heavy atom. The number of methoxy groups -OCH3 is 1. The van der Waals surface area contributed by atoms with E-state index in [1.54, 1.807) is 7.11 Å². The molecule has 1 heterocycles. The number of likely N-dealkylation sites (tertiary alicyclic amines) is 1. The molecule has 0 unspecified atom stereocenters. The van der Waals surface area contributed by atoms with Gasteiger partial charge in [-0.25, -0.2) is 4.79 Å².